The van der Waals surface area contributed by atoms with Crippen LogP contribution in [0.25, 0.3) is 11.1 Å². The second-order valence-corrected chi connectivity index (χ2v) is 7.26. The number of rotatable bonds is 10. The quantitative estimate of drug-likeness (QED) is 0.406. The lowest BCUT2D eigenvalue weighted by Crippen LogP contribution is -2.45. The van der Waals surface area contributed by atoms with Gasteiger partial charge in [0.05, 0.1) is 6.54 Å². The van der Waals surface area contributed by atoms with Gasteiger partial charge in [0.15, 0.2) is 0 Å². The van der Waals surface area contributed by atoms with E-state index in [2.05, 4.69) is 17.6 Å². The van der Waals surface area contributed by atoms with E-state index >= 15 is 0 Å². The molecule has 0 aromatic heterocycles. The molecule has 32 heavy (non-hydrogen) atoms. The van der Waals surface area contributed by atoms with Crippen LogP contribution in [0.1, 0.15) is 71.4 Å². The lowest BCUT2D eigenvalue weighted by Gasteiger charge is -2.31. The molecule has 0 atom stereocenters. The topological polar surface area (TPSA) is 41.1 Å². The third kappa shape index (κ3) is 6.38. The van der Waals surface area contributed by atoms with Crippen LogP contribution in [0.15, 0.2) is 48.5 Å². The zero-order valence-corrected chi connectivity index (χ0v) is 20.3. The van der Waals surface area contributed by atoms with Gasteiger partial charge >= 0.3 is 0 Å². The monoisotopic (exact) mass is 446 g/mol. The number of benzene rings is 2. The Labute approximate surface area is 193 Å². The zero-order chi connectivity index (χ0) is 24.0. The summed E-state index contributed by atoms with van der Waals surface area (Å²) in [6, 6.07) is 15.7. The zero-order valence-electron chi connectivity index (χ0n) is 20.3. The Balaban J connectivity index is 0.00000121. The van der Waals surface area contributed by atoms with Crippen molar-refractivity contribution in [2.24, 2.45) is 0 Å². The molecule has 1 aliphatic carbocycles. The number of unbranched alkanes of at least 4 members (excludes halogenated alkanes) is 2. The molecule has 0 spiro atoms. The van der Waals surface area contributed by atoms with E-state index in [0.29, 0.717) is 6.42 Å². The van der Waals surface area contributed by atoms with Crippen molar-refractivity contribution in [3.63, 3.8) is 0 Å². The molecule has 0 radical (unpaired) electrons. The highest BCUT2D eigenvalue weighted by atomic mass is 19.3. The number of amides is 1. The number of hydrogen-bond donors (Lipinski definition) is 2. The van der Waals surface area contributed by atoms with E-state index in [1.54, 1.807) is 0 Å². The molecule has 0 bridgehead atoms. The van der Waals surface area contributed by atoms with Gasteiger partial charge in [0, 0.05) is 0 Å². The molecule has 5 heteroatoms. The highest BCUT2D eigenvalue weighted by Gasteiger charge is 2.48. The van der Waals surface area contributed by atoms with Crippen molar-refractivity contribution < 1.29 is 13.6 Å². The van der Waals surface area contributed by atoms with Gasteiger partial charge in [-0.1, -0.05) is 96.0 Å². The molecule has 0 heterocycles. The van der Waals surface area contributed by atoms with Crippen LogP contribution in [0, 0.1) is 0 Å². The largest absolute Gasteiger partial charge is 0.349 e. The third-order valence-electron chi connectivity index (χ3n) is 5.52. The van der Waals surface area contributed by atoms with Crippen LogP contribution >= 0.6 is 0 Å². The standard InChI is InChI=1S/C23H28F2N2O.2C2H6/c1-2-26-15-9-3-8-14-23(22(28)27-16-21(24)25)19-12-6-4-10-17(19)18-11-5-7-13-20(18)23;2*1-2/h4-7,10-13,21,26H,2-3,8-9,14-16H2,1H3,(H,27,28);2*1-2H3. The first kappa shape index (κ1) is 27.8. The van der Waals surface area contributed by atoms with E-state index in [9.17, 15) is 13.6 Å². The predicted octanol–water partition coefficient (Wildman–Crippen LogP) is 6.56. The van der Waals surface area contributed by atoms with Crippen molar-refractivity contribution in [1.29, 1.82) is 0 Å². The minimum absolute atomic E-state index is 0.322. The van der Waals surface area contributed by atoms with E-state index < -0.39 is 18.4 Å². The number of hydrogen-bond acceptors (Lipinski definition) is 2. The fraction of sp³-hybridized carbons (Fsp3) is 0.519. The Hall–Kier alpha value is -2.27. The number of alkyl halides is 2. The van der Waals surface area contributed by atoms with Gasteiger partial charge in [0.2, 0.25) is 5.91 Å². The van der Waals surface area contributed by atoms with Gasteiger partial charge in [-0.3, -0.25) is 4.79 Å². The summed E-state index contributed by atoms with van der Waals surface area (Å²) in [6.45, 7) is 11.4. The first-order valence-corrected chi connectivity index (χ1v) is 12.1. The van der Waals surface area contributed by atoms with Gasteiger partial charge < -0.3 is 10.6 Å². The minimum atomic E-state index is -2.56. The van der Waals surface area contributed by atoms with Crippen LogP contribution in [-0.2, 0) is 10.2 Å². The summed E-state index contributed by atoms with van der Waals surface area (Å²) in [4.78, 5) is 13.3. The molecule has 0 saturated heterocycles. The summed E-state index contributed by atoms with van der Waals surface area (Å²) in [5.74, 6) is -0.322. The smallest absolute Gasteiger partial charge is 0.255 e. The summed E-state index contributed by atoms with van der Waals surface area (Å²) in [5, 5.41) is 5.82. The maximum atomic E-state index is 13.3. The molecule has 2 aromatic carbocycles. The number of fused-ring (bicyclic) bond motifs is 3. The summed E-state index contributed by atoms with van der Waals surface area (Å²) >= 11 is 0. The second kappa shape index (κ2) is 14.7. The lowest BCUT2D eigenvalue weighted by molar-refractivity contribution is -0.126. The van der Waals surface area contributed by atoms with E-state index in [0.717, 1.165) is 54.6 Å². The van der Waals surface area contributed by atoms with Crippen molar-refractivity contribution in [3.05, 3.63) is 59.7 Å². The number of halogens is 2. The maximum Gasteiger partial charge on any atom is 0.255 e. The van der Waals surface area contributed by atoms with Gasteiger partial charge in [-0.05, 0) is 48.2 Å². The maximum absolute atomic E-state index is 13.3. The van der Waals surface area contributed by atoms with Gasteiger partial charge in [0.1, 0.15) is 5.41 Å². The molecule has 178 valence electrons. The highest BCUT2D eigenvalue weighted by molar-refractivity contribution is 6.00. The van der Waals surface area contributed by atoms with Crippen molar-refractivity contribution >= 4 is 5.91 Å². The Morgan fingerprint density at radius 3 is 1.91 bits per heavy atom. The van der Waals surface area contributed by atoms with Crippen LogP contribution < -0.4 is 10.6 Å². The van der Waals surface area contributed by atoms with Crippen LogP contribution in [0.5, 0.6) is 0 Å². The molecule has 3 nitrogen and oxygen atoms in total. The van der Waals surface area contributed by atoms with E-state index in [1.807, 2.05) is 76.2 Å². The highest BCUT2D eigenvalue weighted by Crippen LogP contribution is 2.51. The van der Waals surface area contributed by atoms with Crippen molar-refractivity contribution in [3.8, 4) is 11.1 Å². The first-order valence-electron chi connectivity index (χ1n) is 12.1. The molecule has 0 unspecified atom stereocenters. The molecule has 2 aromatic rings. The molecule has 3 rings (SSSR count). The van der Waals surface area contributed by atoms with Gasteiger partial charge in [0.25, 0.3) is 6.43 Å². The normalized spacial score (nSPS) is 12.6. The molecular formula is C27H40F2N2O. The van der Waals surface area contributed by atoms with Crippen molar-refractivity contribution in [1.82, 2.24) is 10.6 Å². The van der Waals surface area contributed by atoms with Crippen LogP contribution in [-0.4, -0.2) is 32.0 Å². The number of carbonyl (C=O) groups excluding carboxylic acids is 1. The van der Waals surface area contributed by atoms with Gasteiger partial charge in [-0.2, -0.15) is 0 Å². The Kier molecular flexibility index (Phi) is 12.8. The van der Waals surface area contributed by atoms with E-state index in [1.165, 1.54) is 0 Å². The van der Waals surface area contributed by atoms with Gasteiger partial charge in [-0.15, -0.1) is 0 Å². The Morgan fingerprint density at radius 1 is 0.875 bits per heavy atom. The molecule has 1 amide bonds. The van der Waals surface area contributed by atoms with Crippen LogP contribution in [0.4, 0.5) is 8.78 Å². The SMILES string of the molecule is CC.CC.CCNCCCCCC1(C(=O)NCC(F)F)c2ccccc2-c2ccccc21. The van der Waals surface area contributed by atoms with Crippen molar-refractivity contribution in [2.75, 3.05) is 19.6 Å². The molecule has 0 saturated carbocycles. The van der Waals surface area contributed by atoms with Crippen LogP contribution in [0.3, 0.4) is 0 Å². The lowest BCUT2D eigenvalue weighted by atomic mass is 9.73. The predicted molar refractivity (Wildman–Crippen MR) is 131 cm³/mol. The Bertz CT molecular complexity index is 762. The fourth-order valence-electron chi connectivity index (χ4n) is 4.27. The summed E-state index contributed by atoms with van der Waals surface area (Å²) in [5.41, 5.74) is 3.00. The molecular weight excluding hydrogens is 406 g/mol. The minimum Gasteiger partial charge on any atom is -0.349 e. The second-order valence-electron chi connectivity index (χ2n) is 7.26. The third-order valence-corrected chi connectivity index (χ3v) is 5.52. The van der Waals surface area contributed by atoms with Crippen LogP contribution in [0.2, 0.25) is 0 Å². The number of nitrogens with one attached hydrogen (secondary N) is 2. The summed E-state index contributed by atoms with van der Waals surface area (Å²) < 4.78 is 25.6. The average molecular weight is 447 g/mol. The summed E-state index contributed by atoms with van der Waals surface area (Å²) in [6.07, 6.45) is 0.930. The molecule has 0 fully saturated rings. The van der Waals surface area contributed by atoms with Crippen molar-refractivity contribution in [2.45, 2.75) is 72.1 Å². The van der Waals surface area contributed by atoms with E-state index in [-0.39, 0.29) is 5.91 Å². The van der Waals surface area contributed by atoms with E-state index in [4.69, 9.17) is 0 Å². The fourth-order valence-corrected chi connectivity index (χ4v) is 4.27. The molecule has 0 aliphatic heterocycles. The molecule has 1 aliphatic rings. The summed E-state index contributed by atoms with van der Waals surface area (Å²) in [7, 11) is 0. The average Bonchev–Trinajstić information content (AvgIpc) is 3.13. The Morgan fingerprint density at radius 2 is 1.41 bits per heavy atom. The molecule has 2 N–H and O–H groups in total. The first-order chi connectivity index (χ1) is 15.6. The number of carbonyl (C=O) groups is 1. The van der Waals surface area contributed by atoms with Gasteiger partial charge in [-0.25, -0.2) is 8.78 Å².